The van der Waals surface area contributed by atoms with E-state index in [1.165, 1.54) is 6.92 Å². The fourth-order valence-corrected chi connectivity index (χ4v) is 6.75. The molecular weight excluding hydrogens is 618 g/mol. The van der Waals surface area contributed by atoms with Gasteiger partial charge in [0.2, 0.25) is 0 Å². The molecular formula is C37H59NO10. The van der Waals surface area contributed by atoms with E-state index in [-0.39, 0.29) is 61.4 Å². The first-order valence-electron chi connectivity index (χ1n) is 17.6. The maximum Gasteiger partial charge on any atom is 0.410 e. The number of rotatable bonds is 11. The van der Waals surface area contributed by atoms with E-state index in [1.54, 1.807) is 31.1 Å². The minimum Gasteiger partial charge on any atom is -0.457 e. The van der Waals surface area contributed by atoms with E-state index in [0.717, 1.165) is 31.3 Å². The van der Waals surface area contributed by atoms with Crippen molar-refractivity contribution >= 4 is 18.0 Å². The van der Waals surface area contributed by atoms with Gasteiger partial charge in [0.05, 0.1) is 24.7 Å². The fraction of sp³-hybridized carbons (Fsp3) is 0.757. The lowest BCUT2D eigenvalue weighted by Gasteiger charge is -2.32. The topological polar surface area (TPSA) is 144 Å². The predicted molar refractivity (Wildman–Crippen MR) is 181 cm³/mol. The zero-order chi connectivity index (χ0) is 35.6. The Kier molecular flexibility index (Phi) is 15.2. The number of methoxy groups -OCH3 is 1. The third-order valence-electron chi connectivity index (χ3n) is 9.90. The lowest BCUT2D eigenvalue weighted by molar-refractivity contribution is -0.157. The molecule has 0 bridgehead atoms. The molecule has 3 aliphatic heterocycles. The number of cyclic esters (lactones) is 1. The smallest absolute Gasteiger partial charge is 0.410 e. The number of ether oxygens (including phenoxy) is 5. The summed E-state index contributed by atoms with van der Waals surface area (Å²) in [5.41, 5.74) is -0.698. The molecule has 0 spiro atoms. The number of likely N-dealkylation sites (tertiary alicyclic amines) is 1. The van der Waals surface area contributed by atoms with Crippen molar-refractivity contribution in [2.75, 3.05) is 20.2 Å². The third kappa shape index (κ3) is 11.4. The zero-order valence-corrected chi connectivity index (χ0v) is 30.1. The minimum atomic E-state index is -1.44. The van der Waals surface area contributed by atoms with Gasteiger partial charge in [-0.05, 0) is 64.0 Å². The highest BCUT2D eigenvalue weighted by molar-refractivity contribution is 5.70. The van der Waals surface area contributed by atoms with Crippen molar-refractivity contribution in [2.24, 2.45) is 17.8 Å². The van der Waals surface area contributed by atoms with Crippen LogP contribution in [0.1, 0.15) is 93.4 Å². The Hall–Kier alpha value is -2.73. The van der Waals surface area contributed by atoms with Gasteiger partial charge >= 0.3 is 18.0 Å². The van der Waals surface area contributed by atoms with Crippen LogP contribution in [0.25, 0.3) is 0 Å². The Balaban J connectivity index is 1.82. The average Bonchev–Trinajstić information content (AvgIpc) is 3.84. The summed E-state index contributed by atoms with van der Waals surface area (Å²) in [5.74, 6) is -1.50. The zero-order valence-electron chi connectivity index (χ0n) is 30.1. The number of esters is 2. The maximum absolute atomic E-state index is 13.2. The molecule has 0 saturated carbocycles. The molecule has 3 heterocycles. The summed E-state index contributed by atoms with van der Waals surface area (Å²) in [6, 6.07) is 0. The number of aliphatic hydroxyl groups is 2. The third-order valence-corrected chi connectivity index (χ3v) is 9.90. The highest BCUT2D eigenvalue weighted by atomic mass is 16.6. The van der Waals surface area contributed by atoms with Crippen molar-refractivity contribution < 1.29 is 48.3 Å². The number of piperidine rings is 1. The van der Waals surface area contributed by atoms with E-state index in [0.29, 0.717) is 13.1 Å². The summed E-state index contributed by atoms with van der Waals surface area (Å²) in [6.45, 7) is 14.1. The quantitative estimate of drug-likeness (QED) is 0.0975. The molecule has 2 N–H and O–H groups in total. The van der Waals surface area contributed by atoms with Crippen molar-refractivity contribution in [3.8, 4) is 0 Å². The molecule has 11 unspecified atom stereocenters. The Bertz CT molecular complexity index is 1150. The SMILES string of the molecule is CCC(OC)C(C)C1OC1C(OC(=O)N1CCCCC1)C(C)/C=C/C=C(\C)C1OC(=O)CC(O)CCC(C)(O)C(OC(C)=O)/C=C/C1C. The highest BCUT2D eigenvalue weighted by Gasteiger charge is 2.53. The van der Waals surface area contributed by atoms with Gasteiger partial charge in [-0.15, -0.1) is 0 Å². The van der Waals surface area contributed by atoms with Gasteiger partial charge in [0.1, 0.15) is 30.0 Å². The molecule has 11 nitrogen and oxygen atoms in total. The van der Waals surface area contributed by atoms with Crippen LogP contribution in [0.4, 0.5) is 4.79 Å². The summed E-state index contributed by atoms with van der Waals surface area (Å²) in [4.78, 5) is 39.6. The molecule has 0 aromatic rings. The molecule has 2 saturated heterocycles. The van der Waals surface area contributed by atoms with E-state index >= 15 is 0 Å². The number of nitrogens with zero attached hydrogens (tertiary/aromatic N) is 1. The number of amides is 1. The predicted octanol–water partition coefficient (Wildman–Crippen LogP) is 5.28. The number of aliphatic hydroxyl groups excluding tert-OH is 1. The number of carbonyl (C=O) groups is 3. The molecule has 0 aliphatic carbocycles. The molecule has 0 radical (unpaired) electrons. The average molecular weight is 678 g/mol. The molecule has 1 amide bonds. The number of hydrogen-bond donors (Lipinski definition) is 2. The molecule has 11 heteroatoms. The Morgan fingerprint density at radius 3 is 2.46 bits per heavy atom. The monoisotopic (exact) mass is 677 g/mol. The second-order valence-electron chi connectivity index (χ2n) is 14.1. The molecule has 0 aromatic heterocycles. The molecule has 2 fully saturated rings. The lowest BCUT2D eigenvalue weighted by Crippen LogP contribution is -2.42. The standard InChI is InChI=1S/C37H59NO10/c1-9-29(44-8)26(5)34-35(47-34)33(48-36(42)38-20-11-10-12-21-38)24(3)15-13-14-23(2)32-25(4)16-17-30(45-27(6)39)37(7,43)19-18-28(40)22-31(41)46-32/h13-17,24-26,28-30,32-35,40,43H,9-12,18-22H2,1-8H3/b15-13+,17-16+,23-14+. The van der Waals surface area contributed by atoms with Gasteiger partial charge in [-0.1, -0.05) is 52.0 Å². The molecule has 11 atom stereocenters. The Labute approximate surface area is 286 Å². The van der Waals surface area contributed by atoms with Gasteiger partial charge in [0, 0.05) is 44.9 Å². The number of allylic oxidation sites excluding steroid dienone is 2. The van der Waals surface area contributed by atoms with Gasteiger partial charge in [0.25, 0.3) is 0 Å². The summed E-state index contributed by atoms with van der Waals surface area (Å²) >= 11 is 0. The lowest BCUT2D eigenvalue weighted by atomic mass is 9.88. The van der Waals surface area contributed by atoms with Gasteiger partial charge in [-0.25, -0.2) is 4.79 Å². The van der Waals surface area contributed by atoms with Gasteiger partial charge < -0.3 is 38.8 Å². The number of carbonyl (C=O) groups excluding carboxylic acids is 3. The van der Waals surface area contributed by atoms with Gasteiger partial charge in [-0.3, -0.25) is 9.59 Å². The van der Waals surface area contributed by atoms with Gasteiger partial charge in [0.15, 0.2) is 0 Å². The Morgan fingerprint density at radius 2 is 1.83 bits per heavy atom. The van der Waals surface area contributed by atoms with Crippen LogP contribution in [0.3, 0.4) is 0 Å². The van der Waals surface area contributed by atoms with E-state index in [1.807, 2.05) is 39.0 Å². The fourth-order valence-electron chi connectivity index (χ4n) is 6.75. The van der Waals surface area contributed by atoms with Crippen molar-refractivity contribution in [3.05, 3.63) is 36.0 Å². The summed E-state index contributed by atoms with van der Waals surface area (Å²) < 4.78 is 29.2. The number of epoxide rings is 1. The molecule has 3 rings (SSSR count). The Morgan fingerprint density at radius 1 is 1.15 bits per heavy atom. The van der Waals surface area contributed by atoms with Crippen LogP contribution in [0, 0.1) is 17.8 Å². The van der Waals surface area contributed by atoms with Crippen LogP contribution >= 0.6 is 0 Å². The second kappa shape index (κ2) is 18.3. The van der Waals surface area contributed by atoms with Crippen LogP contribution in [0.15, 0.2) is 36.0 Å². The minimum absolute atomic E-state index is 0.0381. The highest BCUT2D eigenvalue weighted by Crippen LogP contribution is 2.39. The molecule has 272 valence electrons. The van der Waals surface area contributed by atoms with Crippen LogP contribution in [0.2, 0.25) is 0 Å². The summed E-state index contributed by atoms with van der Waals surface area (Å²) in [5, 5.41) is 21.6. The van der Waals surface area contributed by atoms with E-state index in [2.05, 4.69) is 13.8 Å². The van der Waals surface area contributed by atoms with Crippen LogP contribution in [-0.2, 0) is 33.3 Å². The van der Waals surface area contributed by atoms with Gasteiger partial charge in [-0.2, -0.15) is 0 Å². The van der Waals surface area contributed by atoms with E-state index in [4.69, 9.17) is 23.7 Å². The van der Waals surface area contributed by atoms with Crippen LogP contribution in [-0.4, -0.2) is 102 Å². The maximum atomic E-state index is 13.2. The number of hydrogen-bond acceptors (Lipinski definition) is 10. The molecule has 48 heavy (non-hydrogen) atoms. The largest absolute Gasteiger partial charge is 0.457 e. The van der Waals surface area contributed by atoms with E-state index < -0.39 is 42.0 Å². The first kappa shape index (κ1) is 39.7. The summed E-state index contributed by atoms with van der Waals surface area (Å²) in [7, 11) is 1.70. The first-order chi connectivity index (χ1) is 22.7. The van der Waals surface area contributed by atoms with Crippen molar-refractivity contribution in [1.29, 1.82) is 0 Å². The first-order valence-corrected chi connectivity index (χ1v) is 17.6. The summed E-state index contributed by atoms with van der Waals surface area (Å²) in [6.07, 6.45) is 9.21. The van der Waals surface area contributed by atoms with Crippen LogP contribution in [0.5, 0.6) is 0 Å². The van der Waals surface area contributed by atoms with Crippen molar-refractivity contribution in [2.45, 2.75) is 142 Å². The molecule has 3 aliphatic rings. The van der Waals surface area contributed by atoms with Crippen molar-refractivity contribution in [1.82, 2.24) is 4.90 Å². The van der Waals surface area contributed by atoms with Crippen LogP contribution < -0.4 is 0 Å². The van der Waals surface area contributed by atoms with Crippen molar-refractivity contribution in [3.63, 3.8) is 0 Å². The second-order valence-corrected chi connectivity index (χ2v) is 14.1. The van der Waals surface area contributed by atoms with E-state index in [9.17, 15) is 24.6 Å². The normalized spacial score (nSPS) is 33.8. The molecule has 0 aromatic carbocycles.